The van der Waals surface area contributed by atoms with Crippen molar-refractivity contribution >= 4 is 15.8 Å². The molecule has 0 radical (unpaired) electrons. The standard InChI is InChI=1S/C11H20O5S/c1-4-16-10(12)9(8(2)3)11(13)5-6-17(14,15)7-11/h8-9,13H,4-7H2,1-3H3. The van der Waals surface area contributed by atoms with Crippen molar-refractivity contribution in [2.45, 2.75) is 32.8 Å². The fourth-order valence-electron chi connectivity index (χ4n) is 2.45. The number of hydrogen-bond donors (Lipinski definition) is 1. The zero-order chi connectivity index (χ0) is 13.3. The van der Waals surface area contributed by atoms with E-state index in [1.165, 1.54) is 0 Å². The minimum absolute atomic E-state index is 0.0634. The van der Waals surface area contributed by atoms with Gasteiger partial charge in [-0.25, -0.2) is 8.42 Å². The molecule has 17 heavy (non-hydrogen) atoms. The van der Waals surface area contributed by atoms with E-state index < -0.39 is 27.3 Å². The second-order valence-corrected chi connectivity index (χ2v) is 7.10. The second kappa shape index (κ2) is 4.94. The maximum absolute atomic E-state index is 11.8. The Morgan fingerprint density at radius 2 is 2.06 bits per heavy atom. The number of carbonyl (C=O) groups excluding carboxylic acids is 1. The molecule has 0 saturated carbocycles. The SMILES string of the molecule is CCOC(=O)C(C(C)C)C1(O)CCS(=O)(=O)C1. The summed E-state index contributed by atoms with van der Waals surface area (Å²) in [6, 6.07) is 0. The number of esters is 1. The number of aliphatic hydroxyl groups is 1. The highest BCUT2D eigenvalue weighted by Gasteiger charge is 2.51. The van der Waals surface area contributed by atoms with Crippen LogP contribution in [-0.2, 0) is 19.4 Å². The maximum atomic E-state index is 11.8. The van der Waals surface area contributed by atoms with E-state index in [2.05, 4.69) is 0 Å². The second-order valence-electron chi connectivity index (χ2n) is 4.92. The van der Waals surface area contributed by atoms with Gasteiger partial charge in [-0.05, 0) is 19.3 Å². The molecule has 6 heteroatoms. The fourth-order valence-corrected chi connectivity index (χ4v) is 4.34. The first-order valence-corrected chi connectivity index (χ1v) is 7.63. The Morgan fingerprint density at radius 3 is 2.41 bits per heavy atom. The highest BCUT2D eigenvalue weighted by Crippen LogP contribution is 2.35. The summed E-state index contributed by atoms with van der Waals surface area (Å²) in [4.78, 5) is 11.8. The monoisotopic (exact) mass is 264 g/mol. The normalized spacial score (nSPS) is 29.2. The molecule has 1 N–H and O–H groups in total. The van der Waals surface area contributed by atoms with Gasteiger partial charge in [0, 0.05) is 0 Å². The van der Waals surface area contributed by atoms with Gasteiger partial charge < -0.3 is 9.84 Å². The molecule has 0 bridgehead atoms. The van der Waals surface area contributed by atoms with Crippen LogP contribution in [0.3, 0.4) is 0 Å². The highest BCUT2D eigenvalue weighted by atomic mass is 32.2. The van der Waals surface area contributed by atoms with Gasteiger partial charge in [0.25, 0.3) is 0 Å². The predicted molar refractivity (Wildman–Crippen MR) is 63.2 cm³/mol. The first-order chi connectivity index (χ1) is 7.72. The maximum Gasteiger partial charge on any atom is 0.312 e. The summed E-state index contributed by atoms with van der Waals surface area (Å²) in [5, 5.41) is 10.4. The van der Waals surface area contributed by atoms with Crippen LogP contribution in [0, 0.1) is 11.8 Å². The van der Waals surface area contributed by atoms with Crippen LogP contribution in [0.25, 0.3) is 0 Å². The van der Waals surface area contributed by atoms with Crippen LogP contribution in [-0.4, -0.2) is 43.2 Å². The van der Waals surface area contributed by atoms with E-state index in [9.17, 15) is 18.3 Å². The smallest absolute Gasteiger partial charge is 0.312 e. The Morgan fingerprint density at radius 1 is 1.47 bits per heavy atom. The zero-order valence-corrected chi connectivity index (χ0v) is 11.3. The number of carbonyl (C=O) groups is 1. The van der Waals surface area contributed by atoms with Crippen molar-refractivity contribution in [3.8, 4) is 0 Å². The molecule has 100 valence electrons. The van der Waals surface area contributed by atoms with Crippen molar-refractivity contribution in [1.82, 2.24) is 0 Å². The molecule has 1 aliphatic rings. The Balaban J connectivity index is 2.96. The van der Waals surface area contributed by atoms with Crippen molar-refractivity contribution in [2.75, 3.05) is 18.1 Å². The Bertz CT molecular complexity index is 387. The predicted octanol–water partition coefficient (Wildman–Crippen LogP) is 0.371. The van der Waals surface area contributed by atoms with Crippen molar-refractivity contribution in [2.24, 2.45) is 11.8 Å². The van der Waals surface area contributed by atoms with Gasteiger partial charge in [0.1, 0.15) is 0 Å². The molecule has 0 aliphatic carbocycles. The highest BCUT2D eigenvalue weighted by molar-refractivity contribution is 7.91. The zero-order valence-electron chi connectivity index (χ0n) is 10.5. The lowest BCUT2D eigenvalue weighted by atomic mass is 9.79. The van der Waals surface area contributed by atoms with Crippen LogP contribution in [0.4, 0.5) is 0 Å². The molecule has 0 amide bonds. The molecular formula is C11H20O5S. The molecule has 0 spiro atoms. The van der Waals surface area contributed by atoms with Crippen molar-refractivity contribution in [3.05, 3.63) is 0 Å². The summed E-state index contributed by atoms with van der Waals surface area (Å²) in [5.74, 6) is -1.86. The van der Waals surface area contributed by atoms with Gasteiger partial charge in [-0.1, -0.05) is 13.8 Å². The molecule has 2 unspecified atom stereocenters. The van der Waals surface area contributed by atoms with Crippen LogP contribution in [0.1, 0.15) is 27.2 Å². The number of sulfone groups is 1. The summed E-state index contributed by atoms with van der Waals surface area (Å²) in [6.07, 6.45) is 0.108. The van der Waals surface area contributed by atoms with Crippen molar-refractivity contribution in [1.29, 1.82) is 0 Å². The summed E-state index contributed by atoms with van der Waals surface area (Å²) < 4.78 is 27.8. The van der Waals surface area contributed by atoms with Gasteiger partial charge in [-0.2, -0.15) is 0 Å². The van der Waals surface area contributed by atoms with Gasteiger partial charge in [-0.15, -0.1) is 0 Å². The average Bonchev–Trinajstić information content (AvgIpc) is 2.40. The summed E-state index contributed by atoms with van der Waals surface area (Å²) in [7, 11) is -3.24. The molecule has 1 rings (SSSR count). The molecule has 1 heterocycles. The minimum atomic E-state index is -3.24. The molecule has 1 aliphatic heterocycles. The first-order valence-electron chi connectivity index (χ1n) is 5.81. The largest absolute Gasteiger partial charge is 0.466 e. The summed E-state index contributed by atoms with van der Waals surface area (Å²) >= 11 is 0. The molecular weight excluding hydrogens is 244 g/mol. The lowest BCUT2D eigenvalue weighted by molar-refractivity contribution is -0.160. The number of ether oxygens (including phenoxy) is 1. The van der Waals surface area contributed by atoms with Crippen LogP contribution in [0.15, 0.2) is 0 Å². The molecule has 0 aromatic carbocycles. The minimum Gasteiger partial charge on any atom is -0.466 e. The summed E-state index contributed by atoms with van der Waals surface area (Å²) in [5.41, 5.74) is -1.47. The van der Waals surface area contributed by atoms with Crippen LogP contribution in [0.2, 0.25) is 0 Å². The van der Waals surface area contributed by atoms with Crippen LogP contribution < -0.4 is 0 Å². The number of hydrogen-bond acceptors (Lipinski definition) is 5. The molecule has 5 nitrogen and oxygen atoms in total. The van der Waals surface area contributed by atoms with E-state index in [1.807, 2.05) is 0 Å². The molecule has 2 atom stereocenters. The van der Waals surface area contributed by atoms with E-state index in [-0.39, 0.29) is 30.5 Å². The van der Waals surface area contributed by atoms with E-state index in [4.69, 9.17) is 4.74 Å². The molecule has 1 saturated heterocycles. The van der Waals surface area contributed by atoms with Gasteiger partial charge in [0.15, 0.2) is 9.84 Å². The Kier molecular flexibility index (Phi) is 4.19. The lowest BCUT2D eigenvalue weighted by Gasteiger charge is -2.32. The van der Waals surface area contributed by atoms with Gasteiger partial charge in [0.05, 0.1) is 29.6 Å². The molecule has 0 aromatic rings. The van der Waals surface area contributed by atoms with E-state index in [0.29, 0.717) is 0 Å². The molecule has 0 aromatic heterocycles. The first kappa shape index (κ1) is 14.4. The van der Waals surface area contributed by atoms with Crippen molar-refractivity contribution in [3.63, 3.8) is 0 Å². The third-order valence-corrected chi connectivity index (χ3v) is 4.87. The van der Waals surface area contributed by atoms with Gasteiger partial charge >= 0.3 is 5.97 Å². The van der Waals surface area contributed by atoms with Gasteiger partial charge in [0.2, 0.25) is 0 Å². The topological polar surface area (TPSA) is 80.7 Å². The van der Waals surface area contributed by atoms with Crippen molar-refractivity contribution < 1.29 is 23.1 Å². The summed E-state index contributed by atoms with van der Waals surface area (Å²) in [6.45, 7) is 5.48. The van der Waals surface area contributed by atoms with E-state index in [0.717, 1.165) is 0 Å². The van der Waals surface area contributed by atoms with Gasteiger partial charge in [-0.3, -0.25) is 4.79 Å². The lowest BCUT2D eigenvalue weighted by Crippen LogP contribution is -2.47. The average molecular weight is 264 g/mol. The quantitative estimate of drug-likeness (QED) is 0.742. The van der Waals surface area contributed by atoms with Crippen LogP contribution >= 0.6 is 0 Å². The van der Waals surface area contributed by atoms with E-state index >= 15 is 0 Å². The fraction of sp³-hybridized carbons (Fsp3) is 0.909. The third kappa shape index (κ3) is 3.19. The van der Waals surface area contributed by atoms with E-state index in [1.54, 1.807) is 20.8 Å². The third-order valence-electron chi connectivity index (χ3n) is 3.10. The number of rotatable bonds is 4. The molecule has 1 fully saturated rings. The Labute approximate surface area is 102 Å². The van der Waals surface area contributed by atoms with Crippen LogP contribution in [0.5, 0.6) is 0 Å². The Hall–Kier alpha value is -0.620.